The maximum Gasteiger partial charge on any atom is 0.270 e. The Bertz CT molecular complexity index is 610. The van der Waals surface area contributed by atoms with Crippen LogP contribution in [-0.2, 0) is 0 Å². The molecule has 0 radical (unpaired) electrons. The average molecular weight is 311 g/mol. The van der Waals surface area contributed by atoms with Crippen molar-refractivity contribution in [3.8, 4) is 10.6 Å². The number of nitrogens with one attached hydrogen (secondary N) is 2. The molecule has 0 saturated heterocycles. The van der Waals surface area contributed by atoms with Gasteiger partial charge in [-0.05, 0) is 32.1 Å². The van der Waals surface area contributed by atoms with E-state index in [9.17, 15) is 13.6 Å². The standard InChI is InChI=1S/C14H15F2N3OS/c1-17-6-3-7-18-13(20)11-8-21-14(19-11)12-9(15)4-2-5-10(12)16/h2,4-5,8,17H,3,6-7H2,1H3,(H,18,20). The van der Waals surface area contributed by atoms with Gasteiger partial charge in [0.25, 0.3) is 5.91 Å². The van der Waals surface area contributed by atoms with Crippen LogP contribution < -0.4 is 10.6 Å². The highest BCUT2D eigenvalue weighted by atomic mass is 32.1. The van der Waals surface area contributed by atoms with Crippen LogP contribution in [0.25, 0.3) is 10.6 Å². The molecular weight excluding hydrogens is 296 g/mol. The molecule has 7 heteroatoms. The number of halogens is 2. The Hall–Kier alpha value is -1.86. The average Bonchev–Trinajstić information content (AvgIpc) is 2.93. The van der Waals surface area contributed by atoms with Crippen LogP contribution >= 0.6 is 11.3 Å². The summed E-state index contributed by atoms with van der Waals surface area (Å²) in [6, 6.07) is 3.62. The second-order valence-corrected chi connectivity index (χ2v) is 5.21. The Kier molecular flexibility index (Phi) is 5.35. The van der Waals surface area contributed by atoms with E-state index >= 15 is 0 Å². The van der Waals surface area contributed by atoms with E-state index in [2.05, 4.69) is 15.6 Å². The first-order valence-electron chi connectivity index (χ1n) is 6.46. The molecule has 1 aromatic heterocycles. The number of hydrogen-bond donors (Lipinski definition) is 2. The molecule has 0 unspecified atom stereocenters. The van der Waals surface area contributed by atoms with Crippen molar-refractivity contribution in [3.05, 3.63) is 40.9 Å². The van der Waals surface area contributed by atoms with Gasteiger partial charge in [-0.2, -0.15) is 0 Å². The molecular formula is C14H15F2N3OS. The molecule has 1 amide bonds. The quantitative estimate of drug-likeness (QED) is 0.806. The van der Waals surface area contributed by atoms with E-state index in [1.165, 1.54) is 11.4 Å². The molecule has 0 spiro atoms. The number of carbonyl (C=O) groups is 1. The topological polar surface area (TPSA) is 54.0 Å². The van der Waals surface area contributed by atoms with E-state index < -0.39 is 11.6 Å². The van der Waals surface area contributed by atoms with Crippen LogP contribution in [0.4, 0.5) is 8.78 Å². The number of carbonyl (C=O) groups excluding carboxylic acids is 1. The molecule has 0 atom stereocenters. The molecule has 0 saturated carbocycles. The summed E-state index contributed by atoms with van der Waals surface area (Å²) in [4.78, 5) is 15.9. The van der Waals surface area contributed by atoms with Gasteiger partial charge < -0.3 is 10.6 Å². The third-order valence-corrected chi connectivity index (χ3v) is 3.66. The number of rotatable bonds is 6. The summed E-state index contributed by atoms with van der Waals surface area (Å²) in [5.74, 6) is -1.72. The summed E-state index contributed by atoms with van der Waals surface area (Å²) in [6.45, 7) is 1.31. The van der Waals surface area contributed by atoms with Gasteiger partial charge in [0, 0.05) is 11.9 Å². The van der Waals surface area contributed by atoms with Gasteiger partial charge in [-0.3, -0.25) is 4.79 Å². The summed E-state index contributed by atoms with van der Waals surface area (Å²) < 4.78 is 27.3. The van der Waals surface area contributed by atoms with E-state index in [1.54, 1.807) is 0 Å². The number of aromatic nitrogens is 1. The minimum Gasteiger partial charge on any atom is -0.351 e. The van der Waals surface area contributed by atoms with Gasteiger partial charge >= 0.3 is 0 Å². The molecule has 4 nitrogen and oxygen atoms in total. The minimum atomic E-state index is -0.690. The Morgan fingerprint density at radius 1 is 1.29 bits per heavy atom. The molecule has 0 fully saturated rings. The van der Waals surface area contributed by atoms with Crippen LogP contribution in [0.15, 0.2) is 23.6 Å². The van der Waals surface area contributed by atoms with E-state index in [1.807, 2.05) is 7.05 Å². The summed E-state index contributed by atoms with van der Waals surface area (Å²) in [5.41, 5.74) is -0.0288. The Balaban J connectivity index is 2.09. The molecule has 0 aliphatic carbocycles. The van der Waals surface area contributed by atoms with E-state index in [0.29, 0.717) is 6.54 Å². The highest BCUT2D eigenvalue weighted by molar-refractivity contribution is 7.13. The van der Waals surface area contributed by atoms with Crippen molar-refractivity contribution >= 4 is 17.2 Å². The van der Waals surface area contributed by atoms with Crippen molar-refractivity contribution in [2.75, 3.05) is 20.1 Å². The second kappa shape index (κ2) is 7.24. The van der Waals surface area contributed by atoms with Crippen LogP contribution in [-0.4, -0.2) is 31.0 Å². The maximum absolute atomic E-state index is 13.7. The third-order valence-electron chi connectivity index (χ3n) is 2.80. The minimum absolute atomic E-state index is 0.158. The lowest BCUT2D eigenvalue weighted by Crippen LogP contribution is -2.26. The van der Waals surface area contributed by atoms with Crippen LogP contribution in [0.2, 0.25) is 0 Å². The van der Waals surface area contributed by atoms with E-state index in [4.69, 9.17) is 0 Å². The third kappa shape index (κ3) is 3.83. The van der Waals surface area contributed by atoms with Crippen molar-refractivity contribution in [1.82, 2.24) is 15.6 Å². The van der Waals surface area contributed by atoms with Gasteiger partial charge in [-0.15, -0.1) is 11.3 Å². The summed E-state index contributed by atoms with van der Waals surface area (Å²) >= 11 is 1.04. The first-order chi connectivity index (χ1) is 10.1. The predicted molar refractivity (Wildman–Crippen MR) is 78.3 cm³/mol. The fourth-order valence-corrected chi connectivity index (χ4v) is 2.60. The van der Waals surface area contributed by atoms with Crippen molar-refractivity contribution in [3.63, 3.8) is 0 Å². The number of hydrogen-bond acceptors (Lipinski definition) is 4. The van der Waals surface area contributed by atoms with E-state index in [-0.39, 0.29) is 22.2 Å². The van der Waals surface area contributed by atoms with Gasteiger partial charge in [-0.25, -0.2) is 13.8 Å². The lowest BCUT2D eigenvalue weighted by molar-refractivity contribution is 0.0949. The van der Waals surface area contributed by atoms with Crippen molar-refractivity contribution < 1.29 is 13.6 Å². The van der Waals surface area contributed by atoms with E-state index in [0.717, 1.165) is 36.4 Å². The van der Waals surface area contributed by atoms with Gasteiger partial charge in [0.1, 0.15) is 22.3 Å². The smallest absolute Gasteiger partial charge is 0.270 e. The zero-order chi connectivity index (χ0) is 15.2. The molecule has 1 heterocycles. The summed E-state index contributed by atoms with van der Waals surface area (Å²) in [6.07, 6.45) is 0.793. The molecule has 0 aliphatic heterocycles. The fourth-order valence-electron chi connectivity index (χ4n) is 1.75. The van der Waals surface area contributed by atoms with Crippen molar-refractivity contribution in [1.29, 1.82) is 0 Å². The summed E-state index contributed by atoms with van der Waals surface area (Å²) in [7, 11) is 1.83. The number of benzene rings is 1. The molecule has 2 aromatic rings. The Morgan fingerprint density at radius 2 is 2.00 bits per heavy atom. The molecule has 21 heavy (non-hydrogen) atoms. The molecule has 112 valence electrons. The zero-order valence-electron chi connectivity index (χ0n) is 11.5. The van der Waals surface area contributed by atoms with Crippen LogP contribution in [0, 0.1) is 11.6 Å². The Morgan fingerprint density at radius 3 is 2.67 bits per heavy atom. The first-order valence-corrected chi connectivity index (χ1v) is 7.34. The zero-order valence-corrected chi connectivity index (χ0v) is 12.3. The van der Waals surface area contributed by atoms with Crippen molar-refractivity contribution in [2.24, 2.45) is 0 Å². The number of amides is 1. The highest BCUT2D eigenvalue weighted by Crippen LogP contribution is 2.28. The van der Waals surface area contributed by atoms with Gasteiger partial charge in [0.05, 0.1) is 5.56 Å². The summed E-state index contributed by atoms with van der Waals surface area (Å²) in [5, 5.41) is 7.33. The van der Waals surface area contributed by atoms with Gasteiger partial charge in [-0.1, -0.05) is 6.07 Å². The molecule has 0 aliphatic rings. The second-order valence-electron chi connectivity index (χ2n) is 4.35. The van der Waals surface area contributed by atoms with Gasteiger partial charge in [0.2, 0.25) is 0 Å². The lowest BCUT2D eigenvalue weighted by Gasteiger charge is -2.02. The van der Waals surface area contributed by atoms with Crippen LogP contribution in [0.3, 0.4) is 0 Å². The fraction of sp³-hybridized carbons (Fsp3) is 0.286. The molecule has 1 aromatic carbocycles. The largest absolute Gasteiger partial charge is 0.351 e. The van der Waals surface area contributed by atoms with Crippen LogP contribution in [0.5, 0.6) is 0 Å². The van der Waals surface area contributed by atoms with Gasteiger partial charge in [0.15, 0.2) is 0 Å². The first kappa shape index (κ1) is 15.5. The predicted octanol–water partition coefficient (Wildman–Crippen LogP) is 2.43. The van der Waals surface area contributed by atoms with Crippen molar-refractivity contribution in [2.45, 2.75) is 6.42 Å². The monoisotopic (exact) mass is 311 g/mol. The lowest BCUT2D eigenvalue weighted by atomic mass is 10.2. The Labute approximate surface area is 125 Å². The molecule has 2 rings (SSSR count). The highest BCUT2D eigenvalue weighted by Gasteiger charge is 2.17. The SMILES string of the molecule is CNCCCNC(=O)c1csc(-c2c(F)cccc2F)n1. The maximum atomic E-state index is 13.7. The normalized spacial score (nSPS) is 10.6. The number of nitrogens with zero attached hydrogens (tertiary/aromatic N) is 1. The molecule has 0 bridgehead atoms. The number of thiazole rings is 1. The van der Waals surface area contributed by atoms with Crippen LogP contribution in [0.1, 0.15) is 16.9 Å². The molecule has 2 N–H and O–H groups in total.